The summed E-state index contributed by atoms with van der Waals surface area (Å²) in [5.74, 6) is 25.3. The number of aryl methyl sites for hydroxylation is 1. The zero-order chi connectivity index (χ0) is 23.6. The Morgan fingerprint density at radius 2 is 1.62 bits per heavy atom. The number of hydrogen-bond acceptors (Lipinski definition) is 2. The second-order valence-corrected chi connectivity index (χ2v) is 5.46. The van der Waals surface area contributed by atoms with Gasteiger partial charge in [0, 0.05) is 49.2 Å². The summed E-state index contributed by atoms with van der Waals surface area (Å²) in [6.07, 6.45) is 5.61. The normalized spacial score (nSPS) is 7.53. The summed E-state index contributed by atoms with van der Waals surface area (Å²) in [6.45, 7) is 3.44. The molecule has 0 fully saturated rings. The van der Waals surface area contributed by atoms with Gasteiger partial charge in [0.2, 0.25) is 0 Å². The van der Waals surface area contributed by atoms with Crippen molar-refractivity contribution >= 4 is 10.9 Å². The minimum absolute atomic E-state index is 0. The molecular formula is C24H20F2N6. The van der Waals surface area contributed by atoms with Gasteiger partial charge in [-0.1, -0.05) is 11.8 Å². The van der Waals surface area contributed by atoms with Crippen molar-refractivity contribution in [2.75, 3.05) is 0 Å². The van der Waals surface area contributed by atoms with Crippen molar-refractivity contribution in [3.8, 4) is 70.3 Å². The Kier molecular flexibility index (Phi) is 11.6. The van der Waals surface area contributed by atoms with E-state index in [0.29, 0.717) is 0 Å². The molecule has 2 aromatic heterocycles. The number of nitrogens with one attached hydrogen (secondary N) is 1. The standard InChI is InChI=1S/C12H10FN3.C12H6.FN3.2H2/c1-16-7-8(5-15-16)11-6-14-12-4-9(13)2-3-10(11)12;1-3-5-7-9-11-12-10-8-6-4-2;1-3-4-2;;/h2-7,14H,1H3;1-2H3;;2*1H. The molecule has 1 N–H and O–H groups in total. The van der Waals surface area contributed by atoms with Crippen molar-refractivity contribution in [1.82, 2.24) is 14.8 Å². The molecule has 1 aromatic carbocycles. The fourth-order valence-electron chi connectivity index (χ4n) is 2.21. The molecule has 3 rings (SSSR count). The summed E-state index contributed by atoms with van der Waals surface area (Å²) in [7, 11) is 1.87. The van der Waals surface area contributed by atoms with E-state index >= 15 is 0 Å². The number of fused-ring (bicyclic) bond motifs is 1. The largest absolute Gasteiger partial charge is 0.360 e. The first-order valence-electron chi connectivity index (χ1n) is 8.81. The lowest BCUT2D eigenvalue weighted by Gasteiger charge is -1.94. The van der Waals surface area contributed by atoms with Crippen LogP contribution in [0.25, 0.3) is 32.5 Å². The van der Waals surface area contributed by atoms with E-state index < -0.39 is 0 Å². The molecule has 32 heavy (non-hydrogen) atoms. The summed E-state index contributed by atoms with van der Waals surface area (Å²) in [4.78, 5) is 4.75. The molecule has 3 aromatic rings. The van der Waals surface area contributed by atoms with Crippen LogP contribution in [0.1, 0.15) is 16.7 Å². The predicted molar refractivity (Wildman–Crippen MR) is 125 cm³/mol. The summed E-state index contributed by atoms with van der Waals surface area (Å²) in [6, 6.07) is 4.74. The summed E-state index contributed by atoms with van der Waals surface area (Å²) < 4.78 is 24.7. The number of hydrogen-bond donors (Lipinski definition) is 1. The van der Waals surface area contributed by atoms with Gasteiger partial charge in [-0.05, 0) is 84.9 Å². The van der Waals surface area contributed by atoms with E-state index in [0.717, 1.165) is 22.0 Å². The molecule has 0 radical (unpaired) electrons. The number of H-pyrrole nitrogens is 1. The van der Waals surface area contributed by atoms with Crippen LogP contribution in [0.2, 0.25) is 0 Å². The van der Waals surface area contributed by atoms with Crippen LogP contribution in [-0.2, 0) is 7.05 Å². The number of rotatable bonds is 1. The van der Waals surface area contributed by atoms with Crippen molar-refractivity contribution in [3.05, 3.63) is 53.0 Å². The molecule has 0 aliphatic heterocycles. The number of benzene rings is 1. The summed E-state index contributed by atoms with van der Waals surface area (Å²) >= 11 is 0. The van der Waals surface area contributed by atoms with Crippen LogP contribution in [0.5, 0.6) is 0 Å². The van der Waals surface area contributed by atoms with Gasteiger partial charge < -0.3 is 4.98 Å². The van der Waals surface area contributed by atoms with E-state index in [1.54, 1.807) is 35.7 Å². The van der Waals surface area contributed by atoms with Crippen molar-refractivity contribution in [2.45, 2.75) is 13.8 Å². The third-order valence-electron chi connectivity index (χ3n) is 3.38. The molecule has 0 spiro atoms. The Bertz CT molecular complexity index is 1380. The van der Waals surface area contributed by atoms with Gasteiger partial charge in [0.25, 0.3) is 0 Å². The Morgan fingerprint density at radius 3 is 2.09 bits per heavy atom. The van der Waals surface area contributed by atoms with Crippen molar-refractivity contribution in [3.63, 3.8) is 0 Å². The maximum absolute atomic E-state index is 13.0. The van der Waals surface area contributed by atoms with Gasteiger partial charge in [0.15, 0.2) is 0 Å². The van der Waals surface area contributed by atoms with E-state index in [-0.39, 0.29) is 8.67 Å². The minimum atomic E-state index is -0.230. The lowest BCUT2D eigenvalue weighted by atomic mass is 10.1. The highest BCUT2D eigenvalue weighted by Crippen LogP contribution is 2.28. The van der Waals surface area contributed by atoms with E-state index in [1.807, 2.05) is 19.4 Å². The molecule has 6 nitrogen and oxygen atoms in total. The molecule has 0 aliphatic rings. The highest BCUT2D eigenvalue weighted by atomic mass is 19.2. The van der Waals surface area contributed by atoms with Crippen molar-refractivity contribution < 1.29 is 11.7 Å². The number of nitrogens with zero attached hydrogens (tertiary/aromatic N) is 5. The van der Waals surface area contributed by atoms with Gasteiger partial charge in [0.1, 0.15) is 11.2 Å². The minimum Gasteiger partial charge on any atom is -0.360 e. The Balaban J connectivity index is 0. The molecule has 8 heteroatoms. The molecule has 0 amide bonds. The second kappa shape index (κ2) is 14.9. The second-order valence-electron chi connectivity index (χ2n) is 5.46. The van der Waals surface area contributed by atoms with Gasteiger partial charge in [-0.2, -0.15) is 5.10 Å². The first kappa shape index (κ1) is 25.0. The van der Waals surface area contributed by atoms with Crippen LogP contribution in [-0.4, -0.2) is 14.8 Å². The SMILES string of the molecule is CC#CC#CC#CC#CC#CC.Cn1cc(-c2c[nH]c3cc(F)ccc23)cn1.[HH].[HH].[N-]=[N+]=NF. The fourth-order valence-corrected chi connectivity index (χ4v) is 2.21. The highest BCUT2D eigenvalue weighted by Gasteiger charge is 2.07. The molecule has 0 atom stereocenters. The van der Waals surface area contributed by atoms with Crippen LogP contribution in [0.4, 0.5) is 8.87 Å². The van der Waals surface area contributed by atoms with E-state index in [1.165, 1.54) is 17.5 Å². The topological polar surface area (TPSA) is 82.4 Å². The van der Waals surface area contributed by atoms with Crippen LogP contribution in [0, 0.1) is 65.0 Å². The maximum atomic E-state index is 13.0. The third-order valence-corrected chi connectivity index (χ3v) is 3.38. The average Bonchev–Trinajstić information content (AvgIpc) is 3.41. The van der Waals surface area contributed by atoms with E-state index in [9.17, 15) is 8.87 Å². The highest BCUT2D eigenvalue weighted by molar-refractivity contribution is 5.95. The number of aromatic amines is 1. The van der Waals surface area contributed by atoms with Crippen molar-refractivity contribution in [1.29, 1.82) is 0 Å². The van der Waals surface area contributed by atoms with Crippen LogP contribution >= 0.6 is 0 Å². The van der Waals surface area contributed by atoms with Crippen molar-refractivity contribution in [2.24, 2.45) is 12.4 Å². The maximum Gasteiger partial charge on any atom is 0.125 e. The zero-order valence-electron chi connectivity index (χ0n) is 17.5. The molecule has 160 valence electrons. The first-order chi connectivity index (χ1) is 15.6. The lowest BCUT2D eigenvalue weighted by Crippen LogP contribution is -1.83. The summed E-state index contributed by atoms with van der Waals surface area (Å²) in [5.41, 5.74) is 9.84. The molecule has 0 saturated carbocycles. The number of aromatic nitrogens is 3. The molecule has 0 unspecified atom stereocenters. The monoisotopic (exact) mass is 430 g/mol. The Labute approximate surface area is 187 Å². The van der Waals surface area contributed by atoms with Gasteiger partial charge in [-0.25, -0.2) is 4.39 Å². The Morgan fingerprint density at radius 1 is 1.06 bits per heavy atom. The average molecular weight is 430 g/mol. The first-order valence-corrected chi connectivity index (χ1v) is 8.81. The molecule has 0 bridgehead atoms. The van der Waals surface area contributed by atoms with Gasteiger partial charge in [0.05, 0.1) is 6.20 Å². The zero-order valence-corrected chi connectivity index (χ0v) is 17.5. The van der Waals surface area contributed by atoms with Gasteiger partial charge in [-0.15, -0.1) is 4.48 Å². The molecular weight excluding hydrogens is 410 g/mol. The van der Waals surface area contributed by atoms with E-state index in [4.69, 9.17) is 5.53 Å². The third kappa shape index (κ3) is 8.96. The molecule has 0 aliphatic carbocycles. The number of azide groups is 1. The van der Waals surface area contributed by atoms with Crippen LogP contribution in [0.3, 0.4) is 0 Å². The fraction of sp³-hybridized carbons (Fsp3) is 0.125. The van der Waals surface area contributed by atoms with Crippen LogP contribution < -0.4 is 0 Å². The smallest absolute Gasteiger partial charge is 0.125 e. The van der Waals surface area contributed by atoms with Gasteiger partial charge in [-0.3, -0.25) is 4.68 Å². The van der Waals surface area contributed by atoms with E-state index in [2.05, 4.69) is 69.3 Å². The van der Waals surface area contributed by atoms with Gasteiger partial charge >= 0.3 is 0 Å². The molecule has 2 heterocycles. The quantitative estimate of drug-likeness (QED) is 0.238. The Hall–Kier alpha value is -5.06. The van der Waals surface area contributed by atoms with Crippen LogP contribution in [0.15, 0.2) is 42.1 Å². The predicted octanol–water partition coefficient (Wildman–Crippen LogP) is 5.42. The summed E-state index contributed by atoms with van der Waals surface area (Å²) in [5, 5.41) is 6.55. The lowest BCUT2D eigenvalue weighted by molar-refractivity contribution is 0.525. The molecule has 0 saturated heterocycles. The number of halogens is 2.